The molecule has 1 heterocycles. The predicted molar refractivity (Wildman–Crippen MR) is 67.4 cm³/mol. The summed E-state index contributed by atoms with van der Waals surface area (Å²) in [6.45, 7) is 6.69. The summed E-state index contributed by atoms with van der Waals surface area (Å²) in [7, 11) is 1.88. The molecule has 1 rings (SSSR count). The van der Waals surface area contributed by atoms with Crippen LogP contribution in [-0.2, 0) is 6.54 Å². The Balaban J connectivity index is 2.75. The van der Waals surface area contributed by atoms with Crippen LogP contribution in [0.2, 0.25) is 0 Å². The van der Waals surface area contributed by atoms with Crippen molar-refractivity contribution >= 4 is 5.82 Å². The summed E-state index contributed by atoms with van der Waals surface area (Å²) in [5.74, 6) is 0.625. The number of imidazole rings is 1. The molecular weight excluding hydrogens is 236 g/mol. The molecule has 0 amide bonds. The summed E-state index contributed by atoms with van der Waals surface area (Å²) in [4.78, 5) is 16.3. The van der Waals surface area contributed by atoms with Gasteiger partial charge in [-0.1, -0.05) is 0 Å². The van der Waals surface area contributed by atoms with E-state index in [-0.39, 0.29) is 18.0 Å². The van der Waals surface area contributed by atoms with Gasteiger partial charge in [0.15, 0.2) is 5.82 Å². The Hall–Kier alpha value is -1.47. The number of aliphatic hydroxyl groups excluding tert-OH is 1. The number of aromatic nitrogens is 2. The first-order chi connectivity index (χ1) is 8.29. The Morgan fingerprint density at radius 1 is 1.61 bits per heavy atom. The largest absolute Gasteiger partial charge is 0.394 e. The topological polar surface area (TPSA) is 84.4 Å². The molecule has 1 N–H and O–H groups in total. The third-order valence-electron chi connectivity index (χ3n) is 3.30. The molecule has 102 valence electrons. The Bertz CT molecular complexity index is 428. The lowest BCUT2D eigenvalue weighted by Gasteiger charge is -2.33. The molecule has 1 aromatic rings. The molecule has 0 aliphatic carbocycles. The van der Waals surface area contributed by atoms with Crippen molar-refractivity contribution < 1.29 is 10.0 Å². The minimum Gasteiger partial charge on any atom is -0.394 e. The van der Waals surface area contributed by atoms with E-state index in [1.807, 2.05) is 25.8 Å². The van der Waals surface area contributed by atoms with Crippen LogP contribution in [0.3, 0.4) is 0 Å². The molecule has 0 aliphatic heterocycles. The third kappa shape index (κ3) is 3.05. The van der Waals surface area contributed by atoms with E-state index >= 15 is 0 Å². The quantitative estimate of drug-likeness (QED) is 0.601. The standard InChI is InChI=1S/C11H20N4O3/c1-9-12-7-10(15(17)18)14(9)6-5-13(4)11(2,3)8-16/h7,16H,5-6,8H2,1-4H3. The molecule has 0 saturated heterocycles. The number of nitro groups is 1. The highest BCUT2D eigenvalue weighted by molar-refractivity contribution is 5.18. The van der Waals surface area contributed by atoms with Crippen LogP contribution in [0.1, 0.15) is 19.7 Å². The van der Waals surface area contributed by atoms with E-state index in [4.69, 9.17) is 0 Å². The van der Waals surface area contributed by atoms with E-state index in [1.165, 1.54) is 6.20 Å². The number of rotatable bonds is 6. The molecule has 0 spiro atoms. The van der Waals surface area contributed by atoms with Crippen LogP contribution in [0.5, 0.6) is 0 Å². The molecule has 7 heteroatoms. The normalized spacial score (nSPS) is 12.1. The predicted octanol–water partition coefficient (Wildman–Crippen LogP) is 0.802. The monoisotopic (exact) mass is 256 g/mol. The average Bonchev–Trinajstić information content (AvgIpc) is 2.67. The van der Waals surface area contributed by atoms with E-state index in [0.717, 1.165) is 0 Å². The molecule has 1 aromatic heterocycles. The van der Waals surface area contributed by atoms with Gasteiger partial charge in [0.25, 0.3) is 0 Å². The molecule has 0 radical (unpaired) electrons. The fourth-order valence-electron chi connectivity index (χ4n) is 1.55. The van der Waals surface area contributed by atoms with Crippen molar-refractivity contribution in [2.45, 2.75) is 32.9 Å². The van der Waals surface area contributed by atoms with Crippen LogP contribution in [0.25, 0.3) is 0 Å². The highest BCUT2D eigenvalue weighted by Crippen LogP contribution is 2.15. The second-order valence-electron chi connectivity index (χ2n) is 4.96. The molecule has 0 bridgehead atoms. The highest BCUT2D eigenvalue weighted by Gasteiger charge is 2.24. The van der Waals surface area contributed by atoms with Gasteiger partial charge in [-0.25, -0.2) is 9.55 Å². The summed E-state index contributed by atoms with van der Waals surface area (Å²) in [6, 6.07) is 0. The van der Waals surface area contributed by atoms with Crippen molar-refractivity contribution in [2.24, 2.45) is 0 Å². The van der Waals surface area contributed by atoms with Gasteiger partial charge in [-0.2, -0.15) is 0 Å². The van der Waals surface area contributed by atoms with Crippen LogP contribution >= 0.6 is 0 Å². The lowest BCUT2D eigenvalue weighted by atomic mass is 10.1. The van der Waals surface area contributed by atoms with Crippen molar-refractivity contribution in [1.82, 2.24) is 14.5 Å². The Labute approximate surface area is 106 Å². The van der Waals surface area contributed by atoms with E-state index < -0.39 is 4.92 Å². The van der Waals surface area contributed by atoms with E-state index in [9.17, 15) is 15.2 Å². The zero-order valence-corrected chi connectivity index (χ0v) is 11.3. The summed E-state index contributed by atoms with van der Waals surface area (Å²) >= 11 is 0. The number of likely N-dealkylation sites (N-methyl/N-ethyl adjacent to an activating group) is 1. The zero-order chi connectivity index (χ0) is 13.9. The summed E-state index contributed by atoms with van der Waals surface area (Å²) in [5.41, 5.74) is -0.344. The zero-order valence-electron chi connectivity index (χ0n) is 11.3. The molecule has 0 aliphatic rings. The van der Waals surface area contributed by atoms with Crippen LogP contribution in [0.15, 0.2) is 6.20 Å². The molecule has 0 atom stereocenters. The van der Waals surface area contributed by atoms with Crippen LogP contribution < -0.4 is 0 Å². The minimum atomic E-state index is -0.433. The number of aliphatic hydroxyl groups is 1. The van der Waals surface area contributed by atoms with Gasteiger partial charge in [-0.05, 0) is 25.8 Å². The summed E-state index contributed by atoms with van der Waals surface area (Å²) < 4.78 is 1.57. The lowest BCUT2D eigenvalue weighted by Crippen LogP contribution is -2.45. The fraction of sp³-hybridized carbons (Fsp3) is 0.727. The Kier molecular flexibility index (Phi) is 4.42. The molecule has 0 fully saturated rings. The molecule has 7 nitrogen and oxygen atoms in total. The van der Waals surface area contributed by atoms with Crippen molar-refractivity contribution in [3.8, 4) is 0 Å². The number of aryl methyl sites for hydroxylation is 1. The van der Waals surface area contributed by atoms with Crippen LogP contribution in [-0.4, -0.2) is 50.2 Å². The highest BCUT2D eigenvalue weighted by atomic mass is 16.6. The van der Waals surface area contributed by atoms with Crippen molar-refractivity contribution in [1.29, 1.82) is 0 Å². The maximum Gasteiger partial charge on any atom is 0.342 e. The van der Waals surface area contributed by atoms with Crippen molar-refractivity contribution in [2.75, 3.05) is 20.2 Å². The second kappa shape index (κ2) is 5.45. The van der Waals surface area contributed by atoms with Gasteiger partial charge in [-0.15, -0.1) is 0 Å². The molecule has 0 aromatic carbocycles. The number of hydrogen-bond donors (Lipinski definition) is 1. The van der Waals surface area contributed by atoms with E-state index in [1.54, 1.807) is 11.5 Å². The van der Waals surface area contributed by atoms with Crippen molar-refractivity contribution in [3.05, 3.63) is 22.1 Å². The smallest absolute Gasteiger partial charge is 0.342 e. The van der Waals surface area contributed by atoms with Gasteiger partial charge in [0.1, 0.15) is 12.7 Å². The third-order valence-corrected chi connectivity index (χ3v) is 3.30. The summed E-state index contributed by atoms with van der Waals surface area (Å²) in [6.07, 6.45) is 1.27. The van der Waals surface area contributed by atoms with Gasteiger partial charge in [0.2, 0.25) is 0 Å². The molecule has 0 saturated carbocycles. The maximum absolute atomic E-state index is 10.8. The summed E-state index contributed by atoms with van der Waals surface area (Å²) in [5, 5.41) is 20.1. The first kappa shape index (κ1) is 14.6. The van der Waals surface area contributed by atoms with Gasteiger partial charge in [0.05, 0.1) is 6.61 Å². The molecular formula is C11H20N4O3. The average molecular weight is 256 g/mol. The van der Waals surface area contributed by atoms with Gasteiger partial charge < -0.3 is 15.2 Å². The van der Waals surface area contributed by atoms with Gasteiger partial charge in [0, 0.05) is 19.0 Å². The van der Waals surface area contributed by atoms with Crippen molar-refractivity contribution in [3.63, 3.8) is 0 Å². The molecule has 18 heavy (non-hydrogen) atoms. The first-order valence-electron chi connectivity index (χ1n) is 5.78. The van der Waals surface area contributed by atoms with E-state index in [0.29, 0.717) is 18.9 Å². The van der Waals surface area contributed by atoms with Gasteiger partial charge >= 0.3 is 5.82 Å². The second-order valence-corrected chi connectivity index (χ2v) is 4.96. The Morgan fingerprint density at radius 2 is 2.22 bits per heavy atom. The van der Waals surface area contributed by atoms with E-state index in [2.05, 4.69) is 4.98 Å². The van der Waals surface area contributed by atoms with Crippen LogP contribution in [0.4, 0.5) is 5.82 Å². The SMILES string of the molecule is Cc1ncc([N+](=O)[O-])n1CCN(C)C(C)(C)CO. The van der Waals surface area contributed by atoms with Crippen LogP contribution in [0, 0.1) is 17.0 Å². The minimum absolute atomic E-state index is 0.00250. The van der Waals surface area contributed by atoms with Gasteiger partial charge in [-0.3, -0.25) is 4.90 Å². The molecule has 0 unspecified atom stereocenters. The maximum atomic E-state index is 10.8. The number of hydrogen-bond acceptors (Lipinski definition) is 5. The Morgan fingerprint density at radius 3 is 2.72 bits per heavy atom. The first-order valence-corrected chi connectivity index (χ1v) is 5.78. The fourth-order valence-corrected chi connectivity index (χ4v) is 1.55. The number of nitrogens with zero attached hydrogens (tertiary/aromatic N) is 4. The lowest BCUT2D eigenvalue weighted by molar-refractivity contribution is -0.392.